The van der Waals surface area contributed by atoms with Crippen molar-refractivity contribution in [2.45, 2.75) is 32.0 Å². The molecule has 1 aromatic carbocycles. The van der Waals surface area contributed by atoms with Crippen LogP contribution in [0.5, 0.6) is 0 Å². The zero-order chi connectivity index (χ0) is 14.2. The summed E-state index contributed by atoms with van der Waals surface area (Å²) < 4.78 is 65.0. The van der Waals surface area contributed by atoms with Crippen LogP contribution in [0.3, 0.4) is 0 Å². The zero-order valence-corrected chi connectivity index (χ0v) is 9.57. The third kappa shape index (κ3) is 2.78. The number of aliphatic hydroxyl groups is 2. The molecule has 0 bridgehead atoms. The highest BCUT2D eigenvalue weighted by molar-refractivity contribution is 5.26. The lowest BCUT2D eigenvalue weighted by Crippen LogP contribution is -2.24. The molecule has 0 aromatic heterocycles. The molecule has 0 saturated heterocycles. The average molecular weight is 270 g/mol. The fraction of sp³-hybridized carbons (Fsp3) is 0.455. The highest BCUT2D eigenvalue weighted by Crippen LogP contribution is 2.31. The average Bonchev–Trinajstić information content (AvgIpc) is 2.21. The van der Waals surface area contributed by atoms with E-state index >= 15 is 0 Å². The summed E-state index contributed by atoms with van der Waals surface area (Å²) in [6.45, 7) is 2.45. The summed E-state index contributed by atoms with van der Waals surface area (Å²) in [7, 11) is 0. The first-order chi connectivity index (χ1) is 8.06. The molecule has 1 unspecified atom stereocenters. The van der Waals surface area contributed by atoms with E-state index < -0.39 is 52.8 Å². The van der Waals surface area contributed by atoms with Crippen LogP contribution in [0.25, 0.3) is 0 Å². The third-order valence-corrected chi connectivity index (χ3v) is 2.27. The van der Waals surface area contributed by atoms with Crippen molar-refractivity contribution in [3.05, 3.63) is 34.6 Å². The van der Waals surface area contributed by atoms with Crippen LogP contribution in [0.2, 0.25) is 0 Å². The van der Waals surface area contributed by atoms with E-state index in [1.165, 1.54) is 13.8 Å². The first kappa shape index (κ1) is 14.8. The van der Waals surface area contributed by atoms with Gasteiger partial charge in [0, 0.05) is 6.42 Å². The molecule has 0 saturated carbocycles. The van der Waals surface area contributed by atoms with Gasteiger partial charge >= 0.3 is 0 Å². The van der Waals surface area contributed by atoms with Gasteiger partial charge in [0.05, 0.1) is 17.3 Å². The molecule has 1 aromatic rings. The summed E-state index contributed by atoms with van der Waals surface area (Å²) in [4.78, 5) is 0. The largest absolute Gasteiger partial charge is 0.390 e. The van der Waals surface area contributed by atoms with Crippen LogP contribution in [0.1, 0.15) is 31.9 Å². The topological polar surface area (TPSA) is 40.5 Å². The molecule has 0 aliphatic rings. The van der Waals surface area contributed by atoms with Crippen molar-refractivity contribution < 1.29 is 32.2 Å². The second-order valence-electron chi connectivity index (χ2n) is 4.52. The maximum Gasteiger partial charge on any atom is 0.200 e. The molecule has 2 N–H and O–H groups in total. The lowest BCUT2D eigenvalue weighted by atomic mass is 9.95. The quantitative estimate of drug-likeness (QED) is 0.503. The van der Waals surface area contributed by atoms with Gasteiger partial charge in [-0.3, -0.25) is 0 Å². The Morgan fingerprint density at radius 3 is 1.56 bits per heavy atom. The van der Waals surface area contributed by atoms with Gasteiger partial charge in [-0.1, -0.05) is 0 Å². The number of hydrogen-bond acceptors (Lipinski definition) is 2. The summed E-state index contributed by atoms with van der Waals surface area (Å²) in [5.41, 5.74) is -2.87. The van der Waals surface area contributed by atoms with Crippen LogP contribution in [0.4, 0.5) is 22.0 Å². The van der Waals surface area contributed by atoms with Gasteiger partial charge < -0.3 is 10.2 Å². The monoisotopic (exact) mass is 270 g/mol. The fourth-order valence-electron chi connectivity index (χ4n) is 1.49. The van der Waals surface area contributed by atoms with Gasteiger partial charge in [0.1, 0.15) is 0 Å². The lowest BCUT2D eigenvalue weighted by Gasteiger charge is -2.22. The van der Waals surface area contributed by atoms with Crippen LogP contribution in [-0.4, -0.2) is 15.8 Å². The van der Waals surface area contributed by atoms with E-state index in [9.17, 15) is 32.2 Å². The lowest BCUT2D eigenvalue weighted by molar-refractivity contribution is 0.0149. The third-order valence-electron chi connectivity index (χ3n) is 2.27. The van der Waals surface area contributed by atoms with Crippen molar-refractivity contribution in [2.24, 2.45) is 0 Å². The number of halogens is 5. The molecule has 0 aliphatic carbocycles. The Morgan fingerprint density at radius 1 is 0.889 bits per heavy atom. The first-order valence-corrected chi connectivity index (χ1v) is 4.98. The van der Waals surface area contributed by atoms with Crippen molar-refractivity contribution in [1.29, 1.82) is 0 Å². The highest BCUT2D eigenvalue weighted by Gasteiger charge is 2.31. The second kappa shape index (κ2) is 4.81. The molecule has 0 heterocycles. The van der Waals surface area contributed by atoms with E-state index in [0.717, 1.165) is 0 Å². The predicted molar refractivity (Wildman–Crippen MR) is 52.1 cm³/mol. The summed E-state index contributed by atoms with van der Waals surface area (Å²) in [5.74, 6) is -10.7. The molecule has 0 amide bonds. The van der Waals surface area contributed by atoms with E-state index in [2.05, 4.69) is 0 Å². The maximum absolute atomic E-state index is 13.3. The number of aliphatic hydroxyl groups excluding tert-OH is 1. The minimum atomic E-state index is -2.29. The van der Waals surface area contributed by atoms with Crippen molar-refractivity contribution in [3.63, 3.8) is 0 Å². The molecule has 0 radical (unpaired) electrons. The van der Waals surface area contributed by atoms with Gasteiger partial charge in [-0.25, -0.2) is 22.0 Å². The Bertz CT molecular complexity index is 438. The van der Waals surface area contributed by atoms with E-state index in [4.69, 9.17) is 0 Å². The number of hydrogen-bond donors (Lipinski definition) is 2. The van der Waals surface area contributed by atoms with Gasteiger partial charge in [0.25, 0.3) is 0 Å². The Kier molecular flexibility index (Phi) is 3.97. The molecule has 7 heteroatoms. The van der Waals surface area contributed by atoms with Gasteiger partial charge in [-0.15, -0.1) is 0 Å². The van der Waals surface area contributed by atoms with Crippen LogP contribution in [0, 0.1) is 29.1 Å². The normalized spacial score (nSPS) is 13.8. The minimum absolute atomic E-state index is 0.578. The standard InChI is InChI=1S/C11H11F5O2/c1-11(2,18)3-4(17)5-6(12)8(14)10(16)9(15)7(5)13/h4,17-18H,3H2,1-2H3. The molecule has 18 heavy (non-hydrogen) atoms. The van der Waals surface area contributed by atoms with E-state index in [1.54, 1.807) is 0 Å². The Labute approximate surface area is 99.7 Å². The van der Waals surface area contributed by atoms with Crippen LogP contribution in [-0.2, 0) is 0 Å². The summed E-state index contributed by atoms with van der Waals surface area (Å²) in [6.07, 6.45) is -2.58. The predicted octanol–water partition coefficient (Wildman–Crippen LogP) is 2.58. The molecule has 0 fully saturated rings. The van der Waals surface area contributed by atoms with Crippen LogP contribution in [0.15, 0.2) is 0 Å². The van der Waals surface area contributed by atoms with Crippen molar-refractivity contribution in [3.8, 4) is 0 Å². The van der Waals surface area contributed by atoms with Gasteiger partial charge in [0.15, 0.2) is 23.3 Å². The molecule has 1 rings (SSSR count). The molecule has 2 nitrogen and oxygen atoms in total. The molecule has 0 aliphatic heterocycles. The number of rotatable bonds is 3. The molecular formula is C11H11F5O2. The second-order valence-corrected chi connectivity index (χ2v) is 4.52. The Hall–Kier alpha value is -1.21. The number of benzene rings is 1. The van der Waals surface area contributed by atoms with Crippen molar-refractivity contribution in [2.75, 3.05) is 0 Å². The maximum atomic E-state index is 13.3. The van der Waals surface area contributed by atoms with Gasteiger partial charge in [-0.05, 0) is 13.8 Å². The molecule has 102 valence electrons. The summed E-state index contributed by atoms with van der Waals surface area (Å²) in [6, 6.07) is 0. The van der Waals surface area contributed by atoms with Crippen LogP contribution < -0.4 is 0 Å². The SMILES string of the molecule is CC(C)(O)CC(O)c1c(F)c(F)c(F)c(F)c1F. The van der Waals surface area contributed by atoms with E-state index in [-0.39, 0.29) is 0 Å². The van der Waals surface area contributed by atoms with E-state index in [0.29, 0.717) is 0 Å². The fourth-order valence-corrected chi connectivity index (χ4v) is 1.49. The van der Waals surface area contributed by atoms with Gasteiger partial charge in [0.2, 0.25) is 5.82 Å². The summed E-state index contributed by atoms with van der Waals surface area (Å²) >= 11 is 0. The van der Waals surface area contributed by atoms with Crippen molar-refractivity contribution >= 4 is 0 Å². The summed E-state index contributed by atoms with van der Waals surface area (Å²) in [5, 5.41) is 18.8. The van der Waals surface area contributed by atoms with E-state index in [1.807, 2.05) is 0 Å². The zero-order valence-electron chi connectivity index (χ0n) is 9.57. The smallest absolute Gasteiger partial charge is 0.200 e. The van der Waals surface area contributed by atoms with Crippen LogP contribution >= 0.6 is 0 Å². The molecule has 0 spiro atoms. The molecule has 1 atom stereocenters. The molecular weight excluding hydrogens is 259 g/mol. The van der Waals surface area contributed by atoms with Gasteiger partial charge in [-0.2, -0.15) is 0 Å². The Balaban J connectivity index is 3.33. The van der Waals surface area contributed by atoms with Crippen molar-refractivity contribution in [1.82, 2.24) is 0 Å². The Morgan fingerprint density at radius 2 is 1.22 bits per heavy atom. The minimum Gasteiger partial charge on any atom is -0.390 e. The highest BCUT2D eigenvalue weighted by atomic mass is 19.2. The first-order valence-electron chi connectivity index (χ1n) is 4.98.